The molecule has 0 unspecified atom stereocenters. The summed E-state index contributed by atoms with van der Waals surface area (Å²) in [4.78, 5) is 3.10. The van der Waals surface area contributed by atoms with E-state index in [4.69, 9.17) is 5.14 Å². The van der Waals surface area contributed by atoms with E-state index in [0.29, 0.717) is 0 Å². The minimum absolute atomic E-state index is 0.0728. The molecule has 9 heteroatoms. The van der Waals surface area contributed by atoms with Gasteiger partial charge in [0.2, 0.25) is 15.8 Å². The molecule has 0 bridgehead atoms. The Labute approximate surface area is 100 Å². The van der Waals surface area contributed by atoms with Crippen LogP contribution in [0.2, 0.25) is 0 Å². The highest BCUT2D eigenvalue weighted by Crippen LogP contribution is 2.31. The maximum Gasteiger partial charge on any atom is 0.449 e. The molecule has 0 aliphatic carbocycles. The van der Waals surface area contributed by atoms with Crippen molar-refractivity contribution in [2.45, 2.75) is 11.1 Å². The van der Waals surface area contributed by atoms with Gasteiger partial charge in [-0.15, -0.1) is 0 Å². The van der Waals surface area contributed by atoms with Crippen LogP contribution in [0.5, 0.6) is 0 Å². The molecule has 0 fully saturated rings. The van der Waals surface area contributed by atoms with Gasteiger partial charge < -0.3 is 4.57 Å². The lowest BCUT2D eigenvalue weighted by atomic mass is 10.3. The Hall–Kier alpha value is -1.61. The Morgan fingerprint density at radius 1 is 1.33 bits per heavy atom. The summed E-state index contributed by atoms with van der Waals surface area (Å²) in [5, 5.41) is 4.89. The first-order chi connectivity index (χ1) is 8.10. The van der Waals surface area contributed by atoms with E-state index in [1.807, 2.05) is 0 Å². The van der Waals surface area contributed by atoms with Crippen molar-refractivity contribution in [2.75, 3.05) is 0 Å². The Morgan fingerprint density at radius 3 is 2.44 bits per heavy atom. The van der Waals surface area contributed by atoms with Crippen LogP contribution in [0.4, 0.5) is 13.2 Å². The van der Waals surface area contributed by atoms with Crippen molar-refractivity contribution >= 4 is 21.1 Å². The van der Waals surface area contributed by atoms with E-state index in [0.717, 1.165) is 16.7 Å². The molecule has 98 valence electrons. The Balaban J connectivity index is 2.74. The summed E-state index contributed by atoms with van der Waals surface area (Å²) in [5.41, 5.74) is 0.103. The molecule has 0 amide bonds. The molecule has 1 aromatic carbocycles. The van der Waals surface area contributed by atoms with Crippen LogP contribution in [-0.2, 0) is 23.2 Å². The monoisotopic (exact) mass is 279 g/mol. The van der Waals surface area contributed by atoms with E-state index in [-0.39, 0.29) is 15.9 Å². The van der Waals surface area contributed by atoms with Gasteiger partial charge in [0.05, 0.1) is 15.9 Å². The molecule has 0 saturated carbocycles. The molecule has 2 rings (SSSR count). The molecule has 5 nitrogen and oxygen atoms in total. The predicted octanol–water partition coefficient (Wildman–Crippen LogP) is 1.24. The Kier molecular flexibility index (Phi) is 2.63. The number of alkyl halides is 3. The second-order valence-corrected chi connectivity index (χ2v) is 5.25. The number of aromatic nitrogens is 2. The smallest absolute Gasteiger partial charge is 0.323 e. The van der Waals surface area contributed by atoms with Crippen molar-refractivity contribution in [1.82, 2.24) is 9.55 Å². The first-order valence-corrected chi connectivity index (χ1v) is 6.22. The zero-order chi connectivity index (χ0) is 13.7. The van der Waals surface area contributed by atoms with Crippen molar-refractivity contribution in [3.8, 4) is 0 Å². The van der Waals surface area contributed by atoms with Crippen molar-refractivity contribution in [1.29, 1.82) is 0 Å². The minimum Gasteiger partial charge on any atom is -0.323 e. The lowest BCUT2D eigenvalue weighted by Crippen LogP contribution is -2.12. The second kappa shape index (κ2) is 3.69. The van der Waals surface area contributed by atoms with E-state index < -0.39 is 22.0 Å². The number of rotatable bonds is 1. The van der Waals surface area contributed by atoms with Gasteiger partial charge >= 0.3 is 6.18 Å². The van der Waals surface area contributed by atoms with Gasteiger partial charge in [-0.2, -0.15) is 13.2 Å². The van der Waals surface area contributed by atoms with Crippen molar-refractivity contribution in [2.24, 2.45) is 12.2 Å². The molecule has 0 spiro atoms. The van der Waals surface area contributed by atoms with E-state index in [2.05, 4.69) is 4.98 Å². The van der Waals surface area contributed by atoms with Gasteiger partial charge in [-0.3, -0.25) is 0 Å². The van der Waals surface area contributed by atoms with Gasteiger partial charge in [-0.25, -0.2) is 18.5 Å². The lowest BCUT2D eigenvalue weighted by Gasteiger charge is -2.05. The number of benzene rings is 1. The van der Waals surface area contributed by atoms with Crippen LogP contribution >= 0.6 is 0 Å². The van der Waals surface area contributed by atoms with Gasteiger partial charge in [0.1, 0.15) is 0 Å². The number of imidazole rings is 1. The number of primary sulfonamides is 1. The third-order valence-corrected chi connectivity index (χ3v) is 3.35. The average Bonchev–Trinajstić information content (AvgIpc) is 2.54. The van der Waals surface area contributed by atoms with Gasteiger partial charge in [-0.1, -0.05) is 0 Å². The largest absolute Gasteiger partial charge is 0.449 e. The fourth-order valence-corrected chi connectivity index (χ4v) is 2.14. The van der Waals surface area contributed by atoms with E-state index in [9.17, 15) is 21.6 Å². The second-order valence-electron chi connectivity index (χ2n) is 3.69. The van der Waals surface area contributed by atoms with E-state index in [1.54, 1.807) is 0 Å². The summed E-state index contributed by atoms with van der Waals surface area (Å²) in [6.45, 7) is 0. The molecule has 2 N–H and O–H groups in total. The standard InChI is InChI=1S/C9H8F3N3O2S/c1-15-7-3-2-5(18(13,16)17)4-6(7)14-8(15)9(10,11)12/h2-4H,1H3,(H2,13,16,17). The van der Waals surface area contributed by atoms with Crippen LogP contribution in [0.1, 0.15) is 5.82 Å². The first-order valence-electron chi connectivity index (χ1n) is 4.67. The SMILES string of the molecule is Cn1c(C(F)(F)F)nc2cc(S(N)(=O)=O)ccc21. The molecule has 18 heavy (non-hydrogen) atoms. The first kappa shape index (κ1) is 12.8. The maximum atomic E-state index is 12.6. The molecule has 1 aromatic heterocycles. The summed E-state index contributed by atoms with van der Waals surface area (Å²) >= 11 is 0. The average molecular weight is 279 g/mol. The number of halogens is 3. The van der Waals surface area contributed by atoms with Crippen LogP contribution in [0.25, 0.3) is 11.0 Å². The van der Waals surface area contributed by atoms with Crippen molar-refractivity contribution in [3.05, 3.63) is 24.0 Å². The number of sulfonamides is 1. The summed E-state index contributed by atoms with van der Waals surface area (Å²) in [6, 6.07) is 3.39. The van der Waals surface area contributed by atoms with Crippen molar-refractivity contribution in [3.63, 3.8) is 0 Å². The highest BCUT2D eigenvalue weighted by atomic mass is 32.2. The van der Waals surface area contributed by atoms with Crippen LogP contribution in [0.15, 0.2) is 23.1 Å². The fraction of sp³-hybridized carbons (Fsp3) is 0.222. The quantitative estimate of drug-likeness (QED) is 0.853. The van der Waals surface area contributed by atoms with E-state index in [1.165, 1.54) is 13.1 Å². The number of hydrogen-bond donors (Lipinski definition) is 1. The topological polar surface area (TPSA) is 78.0 Å². The number of hydrogen-bond acceptors (Lipinski definition) is 3. The number of nitrogens with zero attached hydrogens (tertiary/aromatic N) is 2. The molecular weight excluding hydrogens is 271 g/mol. The molecule has 2 aromatic rings. The highest BCUT2D eigenvalue weighted by Gasteiger charge is 2.36. The number of fused-ring (bicyclic) bond motifs is 1. The Bertz CT molecular complexity index is 718. The molecule has 1 heterocycles. The Morgan fingerprint density at radius 2 is 1.94 bits per heavy atom. The van der Waals surface area contributed by atoms with Crippen LogP contribution < -0.4 is 5.14 Å². The molecular formula is C9H8F3N3O2S. The predicted molar refractivity (Wildman–Crippen MR) is 57.1 cm³/mol. The molecule has 0 radical (unpaired) electrons. The highest BCUT2D eigenvalue weighted by molar-refractivity contribution is 7.89. The maximum absolute atomic E-state index is 12.6. The normalized spacial score (nSPS) is 13.2. The van der Waals surface area contributed by atoms with Crippen LogP contribution in [0.3, 0.4) is 0 Å². The fourth-order valence-electron chi connectivity index (χ4n) is 1.61. The third kappa shape index (κ3) is 2.06. The van der Waals surface area contributed by atoms with E-state index >= 15 is 0 Å². The molecule has 0 aliphatic heterocycles. The van der Waals surface area contributed by atoms with Crippen LogP contribution in [0, 0.1) is 0 Å². The molecule has 0 aliphatic rings. The van der Waals surface area contributed by atoms with Crippen molar-refractivity contribution < 1.29 is 21.6 Å². The molecule has 0 atom stereocenters. The van der Waals surface area contributed by atoms with Gasteiger partial charge in [0, 0.05) is 7.05 Å². The number of nitrogens with two attached hydrogens (primary N) is 1. The zero-order valence-corrected chi connectivity index (χ0v) is 9.88. The van der Waals surface area contributed by atoms with Gasteiger partial charge in [0.25, 0.3) is 0 Å². The van der Waals surface area contributed by atoms with Crippen LogP contribution in [-0.4, -0.2) is 18.0 Å². The summed E-state index contributed by atoms with van der Waals surface area (Å²) in [5.74, 6) is -1.09. The summed E-state index contributed by atoms with van der Waals surface area (Å²) < 4.78 is 60.8. The summed E-state index contributed by atoms with van der Waals surface area (Å²) in [7, 11) is -2.76. The van der Waals surface area contributed by atoms with Gasteiger partial charge in [0.15, 0.2) is 0 Å². The lowest BCUT2D eigenvalue weighted by molar-refractivity contribution is -0.146. The van der Waals surface area contributed by atoms with Gasteiger partial charge in [-0.05, 0) is 18.2 Å². The zero-order valence-electron chi connectivity index (χ0n) is 9.06. The third-order valence-electron chi connectivity index (χ3n) is 2.43. The summed E-state index contributed by atoms with van der Waals surface area (Å²) in [6.07, 6.45) is -4.60. The number of aryl methyl sites for hydroxylation is 1. The molecule has 0 saturated heterocycles. The minimum atomic E-state index is -4.60.